The van der Waals surface area contributed by atoms with Crippen molar-refractivity contribution in [1.82, 2.24) is 0 Å². The number of Topliss-reactive ketones (excluding diaryl/α,β-unsaturated/α-hetero) is 1. The quantitative estimate of drug-likeness (QED) is 0.613. The van der Waals surface area contributed by atoms with Gasteiger partial charge in [-0.25, -0.2) is 0 Å². The maximum atomic E-state index is 13.3. The summed E-state index contributed by atoms with van der Waals surface area (Å²) in [5, 5.41) is -2.18. The van der Waals surface area contributed by atoms with Crippen molar-refractivity contribution < 1.29 is 35.6 Å². The first-order valence-electron chi connectivity index (χ1n) is 4.67. The minimum atomic E-state index is -5.78. The number of carbonyl (C=O) groups is 1. The minimum Gasteiger partial charge on any atom is -0.461 e. The molecule has 19 heavy (non-hydrogen) atoms. The second-order valence-corrected chi connectivity index (χ2v) is 4.10. The molecule has 9 heteroatoms. The van der Waals surface area contributed by atoms with Crippen LogP contribution in [0.4, 0.5) is 26.3 Å². The lowest BCUT2D eigenvalue weighted by Crippen LogP contribution is -2.49. The summed E-state index contributed by atoms with van der Waals surface area (Å²) in [6, 6.07) is 1.97. The van der Waals surface area contributed by atoms with Gasteiger partial charge in [0.2, 0.25) is 5.78 Å². The Labute approximate surface area is 106 Å². The van der Waals surface area contributed by atoms with Crippen LogP contribution < -0.4 is 0 Å². The van der Waals surface area contributed by atoms with Crippen molar-refractivity contribution in [2.45, 2.75) is 17.8 Å². The van der Waals surface area contributed by atoms with E-state index in [1.165, 1.54) is 0 Å². The molecule has 0 spiro atoms. The van der Waals surface area contributed by atoms with Crippen LogP contribution in [0.2, 0.25) is 0 Å². The third-order valence-corrected chi connectivity index (χ3v) is 3.00. The minimum absolute atomic E-state index is 0.790. The van der Waals surface area contributed by atoms with E-state index in [4.69, 9.17) is 11.6 Å². The molecule has 0 saturated carbocycles. The highest BCUT2D eigenvalue weighted by Gasteiger charge is 2.81. The molecule has 0 atom stereocenters. The Morgan fingerprint density at radius 2 is 1.68 bits per heavy atom. The number of rotatable bonds is 2. The van der Waals surface area contributed by atoms with Gasteiger partial charge >= 0.3 is 17.8 Å². The highest BCUT2D eigenvalue weighted by atomic mass is 35.5. The zero-order valence-corrected chi connectivity index (χ0v) is 9.45. The molecule has 1 heterocycles. The first kappa shape index (κ1) is 14.0. The largest absolute Gasteiger partial charge is 0.461 e. The van der Waals surface area contributed by atoms with Gasteiger partial charge in [0.25, 0.3) is 0 Å². The van der Waals surface area contributed by atoms with Gasteiger partial charge in [0.1, 0.15) is 5.03 Å². The number of halogens is 7. The van der Waals surface area contributed by atoms with E-state index in [0.29, 0.717) is 0 Å². The number of allylic oxidation sites excluding steroid dienone is 2. The third-order valence-electron chi connectivity index (χ3n) is 2.57. The molecule has 1 aliphatic carbocycles. The van der Waals surface area contributed by atoms with Crippen molar-refractivity contribution in [1.29, 1.82) is 0 Å². The fourth-order valence-electron chi connectivity index (χ4n) is 1.56. The Bertz CT molecular complexity index is 561. The number of carbonyl (C=O) groups excluding carboxylic acids is 1. The number of hydrogen-bond donors (Lipinski definition) is 0. The number of furan rings is 1. The first-order chi connectivity index (χ1) is 8.55. The maximum absolute atomic E-state index is 13.3. The van der Waals surface area contributed by atoms with E-state index in [1.54, 1.807) is 0 Å². The number of ketones is 1. The molecule has 0 fully saturated rings. The molecule has 2 rings (SSSR count). The Balaban J connectivity index is 2.62. The van der Waals surface area contributed by atoms with Gasteiger partial charge in [-0.2, -0.15) is 26.3 Å². The molecule has 0 N–H and O–H groups in total. The van der Waals surface area contributed by atoms with E-state index in [0.717, 1.165) is 18.4 Å². The lowest BCUT2D eigenvalue weighted by molar-refractivity contribution is -0.262. The average molecular weight is 305 g/mol. The predicted molar refractivity (Wildman–Crippen MR) is 50.8 cm³/mol. The predicted octanol–water partition coefficient (Wildman–Crippen LogP) is 3.87. The highest BCUT2D eigenvalue weighted by molar-refractivity contribution is 6.34. The van der Waals surface area contributed by atoms with Crippen LogP contribution in [0.3, 0.4) is 0 Å². The molecule has 0 aromatic carbocycles. The van der Waals surface area contributed by atoms with Gasteiger partial charge in [0.05, 0.1) is 11.8 Å². The summed E-state index contributed by atoms with van der Waals surface area (Å²) in [4.78, 5) is 11.5. The lowest BCUT2D eigenvalue weighted by Gasteiger charge is -2.24. The fourth-order valence-corrected chi connectivity index (χ4v) is 1.88. The van der Waals surface area contributed by atoms with Crippen molar-refractivity contribution in [3.63, 3.8) is 0 Å². The van der Waals surface area contributed by atoms with Crippen LogP contribution in [0.15, 0.2) is 33.4 Å². The zero-order chi connectivity index (χ0) is 14.6. The van der Waals surface area contributed by atoms with Crippen LogP contribution in [-0.2, 0) is 0 Å². The molecule has 0 unspecified atom stereocenters. The SMILES string of the molecule is O=C(C1=C(Cl)C(F)(F)C(F)(F)C1(F)F)c1ccco1. The van der Waals surface area contributed by atoms with Crippen molar-refractivity contribution in [3.8, 4) is 0 Å². The Morgan fingerprint density at radius 1 is 1.11 bits per heavy atom. The summed E-state index contributed by atoms with van der Waals surface area (Å²) >= 11 is 4.86. The molecule has 1 aliphatic rings. The van der Waals surface area contributed by atoms with Gasteiger partial charge in [0, 0.05) is 0 Å². The smallest absolute Gasteiger partial charge is 0.381 e. The van der Waals surface area contributed by atoms with Crippen LogP contribution in [0.1, 0.15) is 10.6 Å². The second kappa shape index (κ2) is 3.78. The second-order valence-electron chi connectivity index (χ2n) is 3.72. The molecule has 1 aromatic rings. The molecular weight excluding hydrogens is 302 g/mol. The molecule has 0 bridgehead atoms. The van der Waals surface area contributed by atoms with Crippen molar-refractivity contribution in [3.05, 3.63) is 34.8 Å². The van der Waals surface area contributed by atoms with E-state index in [1.807, 2.05) is 0 Å². The van der Waals surface area contributed by atoms with E-state index < -0.39 is 39.9 Å². The Hall–Kier alpha value is -1.44. The molecule has 2 nitrogen and oxygen atoms in total. The van der Waals surface area contributed by atoms with Crippen LogP contribution in [0.5, 0.6) is 0 Å². The van der Waals surface area contributed by atoms with Gasteiger partial charge in [-0.15, -0.1) is 0 Å². The zero-order valence-electron chi connectivity index (χ0n) is 8.69. The fraction of sp³-hybridized carbons (Fsp3) is 0.300. The van der Waals surface area contributed by atoms with Gasteiger partial charge < -0.3 is 4.42 Å². The van der Waals surface area contributed by atoms with E-state index in [-0.39, 0.29) is 0 Å². The van der Waals surface area contributed by atoms with Crippen molar-refractivity contribution in [2.24, 2.45) is 0 Å². The summed E-state index contributed by atoms with van der Waals surface area (Å²) in [5.41, 5.74) is -2.15. The summed E-state index contributed by atoms with van der Waals surface area (Å²) in [5.74, 6) is -19.1. The van der Waals surface area contributed by atoms with Crippen LogP contribution in [0.25, 0.3) is 0 Å². The number of hydrogen-bond acceptors (Lipinski definition) is 2. The van der Waals surface area contributed by atoms with Gasteiger partial charge in [0.15, 0.2) is 5.76 Å². The van der Waals surface area contributed by atoms with Gasteiger partial charge in [-0.05, 0) is 12.1 Å². The summed E-state index contributed by atoms with van der Waals surface area (Å²) in [6.07, 6.45) is 0.894. The maximum Gasteiger partial charge on any atom is 0.381 e. The third kappa shape index (κ3) is 1.55. The Morgan fingerprint density at radius 3 is 2.05 bits per heavy atom. The molecule has 0 amide bonds. The highest BCUT2D eigenvalue weighted by Crippen LogP contribution is 2.60. The number of alkyl halides is 6. The summed E-state index contributed by atoms with van der Waals surface area (Å²) in [6.45, 7) is 0. The standard InChI is InChI=1S/C10H3ClF6O2/c11-7-5(6(18)4-2-1-3-19-4)8(12,13)10(16,17)9(7,14)15/h1-3H. The monoisotopic (exact) mass is 304 g/mol. The summed E-state index contributed by atoms with van der Waals surface area (Å²) in [7, 11) is 0. The van der Waals surface area contributed by atoms with Crippen LogP contribution >= 0.6 is 11.6 Å². The molecule has 1 aromatic heterocycles. The topological polar surface area (TPSA) is 30.2 Å². The average Bonchev–Trinajstić information content (AvgIpc) is 2.83. The van der Waals surface area contributed by atoms with E-state index in [9.17, 15) is 31.1 Å². The molecule has 0 aliphatic heterocycles. The van der Waals surface area contributed by atoms with Crippen molar-refractivity contribution >= 4 is 17.4 Å². The molecule has 104 valence electrons. The van der Waals surface area contributed by atoms with Crippen LogP contribution in [-0.4, -0.2) is 23.6 Å². The normalized spacial score (nSPS) is 23.7. The molecule has 0 saturated heterocycles. The van der Waals surface area contributed by atoms with Crippen molar-refractivity contribution in [2.75, 3.05) is 0 Å². The Kier molecular flexibility index (Phi) is 2.78. The van der Waals surface area contributed by atoms with E-state index >= 15 is 0 Å². The van der Waals surface area contributed by atoms with Gasteiger partial charge in [-0.1, -0.05) is 11.6 Å². The van der Waals surface area contributed by atoms with Crippen LogP contribution in [0, 0.1) is 0 Å². The first-order valence-corrected chi connectivity index (χ1v) is 5.05. The molecular formula is C10H3ClF6O2. The lowest BCUT2D eigenvalue weighted by atomic mass is 10.0. The summed E-state index contributed by atoms with van der Waals surface area (Å²) < 4.78 is 83.2. The molecule has 0 radical (unpaired) electrons. The van der Waals surface area contributed by atoms with Gasteiger partial charge in [-0.3, -0.25) is 4.79 Å². The van der Waals surface area contributed by atoms with E-state index in [2.05, 4.69) is 4.42 Å².